The van der Waals surface area contributed by atoms with E-state index in [4.69, 9.17) is 20.9 Å². The number of nitrogens with one attached hydrogen (secondary N) is 4. The summed E-state index contributed by atoms with van der Waals surface area (Å²) in [5, 5.41) is 13.8. The lowest BCUT2D eigenvalue weighted by molar-refractivity contribution is -0.149. The van der Waals surface area contributed by atoms with Crippen molar-refractivity contribution in [1.29, 1.82) is 5.41 Å². The first kappa shape index (κ1) is 33.2. The van der Waals surface area contributed by atoms with Gasteiger partial charge in [-0.05, 0) is 76.1 Å². The molecule has 6 N–H and O–H groups in total. The molecule has 0 radical (unpaired) electrons. The minimum absolute atomic E-state index is 0. The molecule has 1 amide bonds. The Kier molecular flexibility index (Phi) is 11.4. The maximum absolute atomic E-state index is 13.7. The average Bonchev–Trinajstić information content (AvgIpc) is 3.35. The molecule has 41 heavy (non-hydrogen) atoms. The second-order valence-corrected chi connectivity index (χ2v) is 9.99. The summed E-state index contributed by atoms with van der Waals surface area (Å²) in [5.74, 6) is -0.478. The zero-order chi connectivity index (χ0) is 29.6. The highest BCUT2D eigenvalue weighted by Crippen LogP contribution is 2.32. The first-order valence-corrected chi connectivity index (χ1v) is 13.3. The molecule has 3 aromatic rings. The third kappa shape index (κ3) is 7.42. The number of amides is 1. The minimum atomic E-state index is -1.17. The molecule has 2 atom stereocenters. The summed E-state index contributed by atoms with van der Waals surface area (Å²) in [4.78, 5) is 48.1. The van der Waals surface area contributed by atoms with Gasteiger partial charge in [0.1, 0.15) is 11.7 Å². The third-order valence-corrected chi connectivity index (χ3v) is 7.09. The Bertz CT molecular complexity index is 1410. The van der Waals surface area contributed by atoms with Crippen LogP contribution in [0.2, 0.25) is 0 Å². The number of ketones is 1. The van der Waals surface area contributed by atoms with Crippen molar-refractivity contribution < 1.29 is 19.1 Å². The van der Waals surface area contributed by atoms with Crippen molar-refractivity contribution in [2.24, 2.45) is 5.73 Å². The number of ether oxygens (including phenoxy) is 1. The number of hydrogen-bond donors (Lipinski definition) is 5. The number of carbonyl (C=O) groups is 3. The van der Waals surface area contributed by atoms with E-state index in [1.165, 1.54) is 6.92 Å². The molecule has 0 saturated heterocycles. The van der Waals surface area contributed by atoms with Gasteiger partial charge in [-0.25, -0.2) is 9.78 Å². The normalized spacial score (nSPS) is 13.0. The fourth-order valence-corrected chi connectivity index (χ4v) is 4.67. The number of nitrogen functional groups attached to an aromatic ring is 1. The lowest BCUT2D eigenvalue weighted by Gasteiger charge is -2.35. The number of Topliss-reactive ketones (excluding diaryl/α,β-unsaturated/α-hetero) is 1. The third-order valence-electron chi connectivity index (χ3n) is 7.09. The molecule has 0 aliphatic rings. The Balaban J connectivity index is 0.00000588. The number of hydrogen-bond acceptors (Lipinski definition) is 8. The smallest absolute Gasteiger partial charge is 0.330 e. The van der Waals surface area contributed by atoms with E-state index >= 15 is 0 Å². The number of benzene rings is 2. The van der Waals surface area contributed by atoms with E-state index in [-0.39, 0.29) is 43.1 Å². The van der Waals surface area contributed by atoms with Crippen LogP contribution < -0.4 is 16.4 Å². The molecule has 0 saturated carbocycles. The predicted molar refractivity (Wildman–Crippen MR) is 163 cm³/mol. The molecule has 1 heterocycles. The van der Waals surface area contributed by atoms with Crippen molar-refractivity contribution in [3.8, 4) is 0 Å². The fraction of sp³-hybridized carbons (Fsp3) is 0.414. The average molecular weight is 586 g/mol. The quantitative estimate of drug-likeness (QED) is 0.0883. The number of anilines is 1. The minimum Gasteiger partial charge on any atom is -0.464 e. The van der Waals surface area contributed by atoms with Gasteiger partial charge in [-0.1, -0.05) is 6.07 Å². The second kappa shape index (κ2) is 14.1. The van der Waals surface area contributed by atoms with Crippen molar-refractivity contribution in [3.05, 3.63) is 58.9 Å². The van der Waals surface area contributed by atoms with Crippen LogP contribution in [0.3, 0.4) is 0 Å². The van der Waals surface area contributed by atoms with E-state index in [9.17, 15) is 14.4 Å². The molecule has 222 valence electrons. The lowest BCUT2D eigenvalue weighted by Crippen LogP contribution is -2.54. The van der Waals surface area contributed by atoms with Crippen LogP contribution in [0, 0.1) is 12.3 Å². The van der Waals surface area contributed by atoms with Crippen LogP contribution in [-0.2, 0) is 31.1 Å². The van der Waals surface area contributed by atoms with Gasteiger partial charge >= 0.3 is 5.97 Å². The summed E-state index contributed by atoms with van der Waals surface area (Å²) >= 11 is 0. The maximum Gasteiger partial charge on any atom is 0.330 e. The van der Waals surface area contributed by atoms with E-state index in [1.807, 2.05) is 45.0 Å². The van der Waals surface area contributed by atoms with Crippen LogP contribution in [0.5, 0.6) is 0 Å². The van der Waals surface area contributed by atoms with E-state index in [2.05, 4.69) is 15.6 Å². The first-order valence-electron chi connectivity index (χ1n) is 13.3. The summed E-state index contributed by atoms with van der Waals surface area (Å²) in [6.45, 7) is 9.73. The van der Waals surface area contributed by atoms with Crippen LogP contribution >= 0.6 is 12.4 Å². The highest BCUT2D eigenvalue weighted by molar-refractivity contribution is 6.02. The highest BCUT2D eigenvalue weighted by atomic mass is 35.5. The second-order valence-electron chi connectivity index (χ2n) is 9.99. The summed E-state index contributed by atoms with van der Waals surface area (Å²) in [6.07, 6.45) is 0. The van der Waals surface area contributed by atoms with Crippen LogP contribution in [0.4, 0.5) is 5.69 Å². The van der Waals surface area contributed by atoms with Crippen molar-refractivity contribution in [3.63, 3.8) is 0 Å². The van der Waals surface area contributed by atoms with Gasteiger partial charge in [-0.15, -0.1) is 12.4 Å². The molecule has 1 aromatic heterocycles. The Morgan fingerprint density at radius 2 is 1.83 bits per heavy atom. The summed E-state index contributed by atoms with van der Waals surface area (Å²) in [7, 11) is 1.73. The number of H-pyrrole nitrogens is 1. The predicted octanol–water partition coefficient (Wildman–Crippen LogP) is 3.04. The number of carbonyl (C=O) groups excluding carboxylic acids is 3. The van der Waals surface area contributed by atoms with Crippen LogP contribution in [0.25, 0.3) is 11.0 Å². The van der Waals surface area contributed by atoms with E-state index in [0.717, 1.165) is 27.8 Å². The monoisotopic (exact) mass is 585 g/mol. The summed E-state index contributed by atoms with van der Waals surface area (Å²) < 4.78 is 5.07. The van der Waals surface area contributed by atoms with Gasteiger partial charge in [0.2, 0.25) is 5.91 Å². The number of halogens is 1. The molecule has 0 aliphatic heterocycles. The number of nitrogens with two attached hydrogens (primary N) is 1. The molecule has 2 aromatic carbocycles. The molecule has 0 fully saturated rings. The van der Waals surface area contributed by atoms with E-state index < -0.39 is 17.4 Å². The molecule has 11 nitrogen and oxygen atoms in total. The van der Waals surface area contributed by atoms with Gasteiger partial charge in [0.05, 0.1) is 29.6 Å². The van der Waals surface area contributed by atoms with Crippen molar-refractivity contribution >= 4 is 52.6 Å². The number of aryl methyl sites for hydroxylation is 1. The Morgan fingerprint density at radius 1 is 1.17 bits per heavy atom. The van der Waals surface area contributed by atoms with Gasteiger partial charge in [-0.3, -0.25) is 20.3 Å². The Hall–Kier alpha value is -3.96. The largest absolute Gasteiger partial charge is 0.464 e. The number of imidazole rings is 1. The van der Waals surface area contributed by atoms with Gasteiger partial charge < -0.3 is 25.7 Å². The number of nitrogens with zero attached hydrogens (tertiary/aromatic N) is 2. The topological polar surface area (TPSA) is 166 Å². The molecule has 0 spiro atoms. The van der Waals surface area contributed by atoms with Crippen LogP contribution in [0.1, 0.15) is 50.2 Å². The molecular weight excluding hydrogens is 546 g/mol. The number of esters is 1. The number of likely N-dealkylation sites (N-methyl/N-ethyl adjacent to an activating group) is 1. The van der Waals surface area contributed by atoms with Gasteiger partial charge in [0, 0.05) is 31.4 Å². The van der Waals surface area contributed by atoms with Gasteiger partial charge in [0.15, 0.2) is 11.8 Å². The summed E-state index contributed by atoms with van der Waals surface area (Å²) in [6, 6.07) is 9.86. The van der Waals surface area contributed by atoms with Crippen molar-refractivity contribution in [2.75, 3.05) is 32.1 Å². The Morgan fingerprint density at radius 3 is 2.39 bits per heavy atom. The van der Waals surface area contributed by atoms with Crippen LogP contribution in [0.15, 0.2) is 36.4 Å². The fourth-order valence-electron chi connectivity index (χ4n) is 4.67. The van der Waals surface area contributed by atoms with Crippen LogP contribution in [-0.4, -0.2) is 71.1 Å². The molecule has 2 unspecified atom stereocenters. The van der Waals surface area contributed by atoms with E-state index in [0.29, 0.717) is 24.5 Å². The summed E-state index contributed by atoms with van der Waals surface area (Å²) in [5.41, 5.74) is 9.06. The zero-order valence-corrected chi connectivity index (χ0v) is 25.2. The number of fused-ring (bicyclic) bond motifs is 1. The lowest BCUT2D eigenvalue weighted by atomic mass is 9.78. The van der Waals surface area contributed by atoms with E-state index in [1.54, 1.807) is 31.0 Å². The molecule has 3 rings (SSSR count). The number of aromatic amines is 1. The first-order chi connectivity index (χ1) is 18.9. The zero-order valence-electron chi connectivity index (χ0n) is 24.4. The standard InChI is InChI=1S/C29H39N7O4.ClH/c1-7-36(6)28(39)29(5,16-33-25(18(4)37)27(38)40-8-2)21-13-14-22-24(17(21)3)35-23(34-22)15-32-20-11-9-19(10-12-20)26(30)31;/h9-14,25,32-33H,7-8,15-16H2,1-6H3,(H3,30,31)(H,34,35);1H. The SMILES string of the molecule is CCOC(=O)C(NCC(C)(C(=O)N(C)CC)c1ccc2[nH]c(CNc3ccc(C(=N)N)cc3)nc2c1C)C(C)=O.Cl. The Labute approximate surface area is 246 Å². The molecule has 0 aliphatic carbocycles. The van der Waals surface area contributed by atoms with Crippen molar-refractivity contribution in [2.45, 2.75) is 52.6 Å². The number of aromatic nitrogens is 2. The molecular formula is C29H40ClN7O4. The maximum atomic E-state index is 13.7. The number of rotatable bonds is 13. The molecule has 12 heteroatoms. The number of amidine groups is 1. The molecule has 0 bridgehead atoms. The highest BCUT2D eigenvalue weighted by Gasteiger charge is 2.40. The van der Waals surface area contributed by atoms with Gasteiger partial charge in [0.25, 0.3) is 0 Å². The van der Waals surface area contributed by atoms with Crippen molar-refractivity contribution in [1.82, 2.24) is 20.2 Å². The van der Waals surface area contributed by atoms with Gasteiger partial charge in [-0.2, -0.15) is 0 Å².